The van der Waals surface area contributed by atoms with Gasteiger partial charge in [-0.1, -0.05) is 11.6 Å². The summed E-state index contributed by atoms with van der Waals surface area (Å²) in [6.45, 7) is 5.77. The molecule has 0 saturated heterocycles. The van der Waals surface area contributed by atoms with Gasteiger partial charge in [-0.05, 0) is 39.0 Å². The summed E-state index contributed by atoms with van der Waals surface area (Å²) >= 11 is 5.88. The lowest BCUT2D eigenvalue weighted by Gasteiger charge is -2.18. The smallest absolute Gasteiger partial charge is 0.188 e. The summed E-state index contributed by atoms with van der Waals surface area (Å²) in [6, 6.07) is 4.93. The predicted octanol–water partition coefficient (Wildman–Crippen LogP) is 3.35. The summed E-state index contributed by atoms with van der Waals surface area (Å²) in [5, 5.41) is 0.487. The van der Waals surface area contributed by atoms with Gasteiger partial charge in [-0.3, -0.25) is 4.79 Å². The maximum atomic E-state index is 11.8. The SMILES string of the molecule is COc1cc(C(=O)COC(C)(C)C)ccc1Cl. The summed E-state index contributed by atoms with van der Waals surface area (Å²) in [4.78, 5) is 11.8. The first-order chi connectivity index (χ1) is 7.83. The van der Waals surface area contributed by atoms with E-state index in [2.05, 4.69) is 0 Å². The van der Waals surface area contributed by atoms with Crippen molar-refractivity contribution in [2.75, 3.05) is 13.7 Å². The first-order valence-electron chi connectivity index (χ1n) is 5.34. The second-order valence-corrected chi connectivity index (χ2v) is 5.08. The zero-order valence-electron chi connectivity index (χ0n) is 10.5. The molecule has 0 saturated carbocycles. The molecule has 1 aromatic carbocycles. The van der Waals surface area contributed by atoms with Crippen LogP contribution in [0.3, 0.4) is 0 Å². The highest BCUT2D eigenvalue weighted by atomic mass is 35.5. The van der Waals surface area contributed by atoms with Gasteiger partial charge in [-0.2, -0.15) is 0 Å². The molecule has 0 heterocycles. The van der Waals surface area contributed by atoms with Gasteiger partial charge >= 0.3 is 0 Å². The topological polar surface area (TPSA) is 35.5 Å². The summed E-state index contributed by atoms with van der Waals surface area (Å²) in [7, 11) is 1.52. The average Bonchev–Trinajstić information content (AvgIpc) is 2.25. The monoisotopic (exact) mass is 256 g/mol. The highest BCUT2D eigenvalue weighted by Crippen LogP contribution is 2.25. The van der Waals surface area contributed by atoms with E-state index in [1.54, 1.807) is 18.2 Å². The van der Waals surface area contributed by atoms with E-state index in [1.807, 2.05) is 20.8 Å². The Morgan fingerprint density at radius 3 is 2.53 bits per heavy atom. The zero-order valence-corrected chi connectivity index (χ0v) is 11.3. The molecule has 1 aromatic rings. The molecule has 0 aliphatic rings. The van der Waals surface area contributed by atoms with Crippen LogP contribution in [-0.2, 0) is 4.74 Å². The van der Waals surface area contributed by atoms with Crippen molar-refractivity contribution >= 4 is 17.4 Å². The predicted molar refractivity (Wildman–Crippen MR) is 68.0 cm³/mol. The second kappa shape index (κ2) is 5.52. The second-order valence-electron chi connectivity index (χ2n) is 4.67. The van der Waals surface area contributed by atoms with Crippen LogP contribution in [0, 0.1) is 0 Å². The van der Waals surface area contributed by atoms with Crippen molar-refractivity contribution in [3.05, 3.63) is 28.8 Å². The molecule has 0 N–H and O–H groups in total. The number of methoxy groups -OCH3 is 1. The number of halogens is 1. The molecule has 0 atom stereocenters. The number of hydrogen-bond acceptors (Lipinski definition) is 3. The van der Waals surface area contributed by atoms with E-state index in [0.29, 0.717) is 16.3 Å². The lowest BCUT2D eigenvalue weighted by Crippen LogP contribution is -2.23. The number of hydrogen-bond donors (Lipinski definition) is 0. The minimum absolute atomic E-state index is 0.0499. The lowest BCUT2D eigenvalue weighted by molar-refractivity contribution is 0.00306. The van der Waals surface area contributed by atoms with Crippen LogP contribution in [0.5, 0.6) is 5.75 Å². The number of carbonyl (C=O) groups excluding carboxylic acids is 1. The lowest BCUT2D eigenvalue weighted by atomic mass is 10.1. The maximum absolute atomic E-state index is 11.8. The molecule has 17 heavy (non-hydrogen) atoms. The van der Waals surface area contributed by atoms with Gasteiger partial charge in [-0.25, -0.2) is 0 Å². The maximum Gasteiger partial charge on any atom is 0.188 e. The Labute approximate surface area is 107 Å². The van der Waals surface area contributed by atoms with Gasteiger partial charge in [0.05, 0.1) is 17.7 Å². The third kappa shape index (κ3) is 4.36. The first kappa shape index (κ1) is 14.0. The Kier molecular flexibility index (Phi) is 4.54. The fourth-order valence-electron chi connectivity index (χ4n) is 1.20. The van der Waals surface area contributed by atoms with Crippen LogP contribution in [0.2, 0.25) is 5.02 Å². The largest absolute Gasteiger partial charge is 0.495 e. The summed E-state index contributed by atoms with van der Waals surface area (Å²) in [5.41, 5.74) is 0.210. The highest BCUT2D eigenvalue weighted by molar-refractivity contribution is 6.32. The van der Waals surface area contributed by atoms with Gasteiger partial charge in [0.2, 0.25) is 0 Å². The first-order valence-corrected chi connectivity index (χ1v) is 5.72. The van der Waals surface area contributed by atoms with Gasteiger partial charge in [0.25, 0.3) is 0 Å². The highest BCUT2D eigenvalue weighted by Gasteiger charge is 2.15. The van der Waals surface area contributed by atoms with E-state index in [-0.39, 0.29) is 18.0 Å². The molecule has 4 heteroatoms. The van der Waals surface area contributed by atoms with Gasteiger partial charge < -0.3 is 9.47 Å². The normalized spacial score (nSPS) is 11.4. The number of carbonyl (C=O) groups is 1. The van der Waals surface area contributed by atoms with Gasteiger partial charge in [0.1, 0.15) is 12.4 Å². The fraction of sp³-hybridized carbons (Fsp3) is 0.462. The molecule has 0 radical (unpaired) electrons. The number of ketones is 1. The van der Waals surface area contributed by atoms with Gasteiger partial charge in [0, 0.05) is 5.56 Å². The number of ether oxygens (including phenoxy) is 2. The molecular weight excluding hydrogens is 240 g/mol. The van der Waals surface area contributed by atoms with Crippen LogP contribution in [0.4, 0.5) is 0 Å². The van der Waals surface area contributed by atoms with Crippen LogP contribution in [0.15, 0.2) is 18.2 Å². The molecule has 1 rings (SSSR count). The third-order valence-corrected chi connectivity index (χ3v) is 2.42. The molecule has 0 spiro atoms. The van der Waals surface area contributed by atoms with E-state index in [0.717, 1.165) is 0 Å². The average molecular weight is 257 g/mol. The summed E-state index contributed by atoms with van der Waals surface area (Å²) < 4.78 is 10.5. The number of benzene rings is 1. The van der Waals surface area contributed by atoms with E-state index in [4.69, 9.17) is 21.1 Å². The standard InChI is InChI=1S/C13H17ClO3/c1-13(2,3)17-8-11(15)9-5-6-10(14)12(7-9)16-4/h5-7H,8H2,1-4H3. The van der Waals surface area contributed by atoms with Gasteiger partial charge in [0.15, 0.2) is 5.78 Å². The van der Waals surface area contributed by atoms with Crippen molar-refractivity contribution < 1.29 is 14.3 Å². The molecular formula is C13H17ClO3. The molecule has 0 aromatic heterocycles. The van der Waals surface area contributed by atoms with Crippen molar-refractivity contribution in [3.8, 4) is 5.75 Å². The van der Waals surface area contributed by atoms with E-state index in [9.17, 15) is 4.79 Å². The molecule has 0 aliphatic carbocycles. The van der Waals surface area contributed by atoms with Crippen LogP contribution in [0.25, 0.3) is 0 Å². The molecule has 0 unspecified atom stereocenters. The van der Waals surface area contributed by atoms with E-state index in [1.165, 1.54) is 7.11 Å². The van der Waals surface area contributed by atoms with Crippen molar-refractivity contribution in [2.24, 2.45) is 0 Å². The van der Waals surface area contributed by atoms with E-state index >= 15 is 0 Å². The van der Waals surface area contributed by atoms with Crippen LogP contribution < -0.4 is 4.74 Å². The summed E-state index contributed by atoms with van der Waals surface area (Å²) in [5.74, 6) is 0.406. The van der Waals surface area contributed by atoms with Crippen LogP contribution in [-0.4, -0.2) is 25.1 Å². The van der Waals surface area contributed by atoms with Crippen LogP contribution >= 0.6 is 11.6 Å². The quantitative estimate of drug-likeness (QED) is 0.775. The van der Waals surface area contributed by atoms with Gasteiger partial charge in [-0.15, -0.1) is 0 Å². The molecule has 3 nitrogen and oxygen atoms in total. The summed E-state index contributed by atoms with van der Waals surface area (Å²) in [6.07, 6.45) is 0. The fourth-order valence-corrected chi connectivity index (χ4v) is 1.39. The van der Waals surface area contributed by atoms with Crippen molar-refractivity contribution in [1.82, 2.24) is 0 Å². The van der Waals surface area contributed by atoms with Crippen molar-refractivity contribution in [3.63, 3.8) is 0 Å². The van der Waals surface area contributed by atoms with E-state index < -0.39 is 0 Å². The Morgan fingerprint density at radius 1 is 1.35 bits per heavy atom. The minimum Gasteiger partial charge on any atom is -0.495 e. The third-order valence-electron chi connectivity index (χ3n) is 2.11. The Hall–Kier alpha value is -1.06. The number of rotatable bonds is 4. The molecule has 0 bridgehead atoms. The number of Topliss-reactive ketones (excluding diaryl/α,β-unsaturated/α-hetero) is 1. The Bertz CT molecular complexity index is 408. The molecule has 94 valence electrons. The van der Waals surface area contributed by atoms with Crippen molar-refractivity contribution in [2.45, 2.75) is 26.4 Å². The van der Waals surface area contributed by atoms with Crippen molar-refractivity contribution in [1.29, 1.82) is 0 Å². The molecule has 0 fully saturated rings. The Balaban J connectivity index is 2.76. The molecule has 0 aliphatic heterocycles. The minimum atomic E-state index is -0.327. The van der Waals surface area contributed by atoms with Crippen LogP contribution in [0.1, 0.15) is 31.1 Å². The zero-order chi connectivity index (χ0) is 13.1. The molecule has 0 amide bonds. The Morgan fingerprint density at radius 2 is 2.00 bits per heavy atom.